The molecule has 0 aliphatic heterocycles. The van der Waals surface area contributed by atoms with E-state index in [-0.39, 0.29) is 17.1 Å². The lowest BCUT2D eigenvalue weighted by Crippen LogP contribution is -2.26. The number of nitrogens with one attached hydrogen (secondary N) is 2. The molecule has 0 radical (unpaired) electrons. The number of ether oxygens (including phenoxy) is 1. The summed E-state index contributed by atoms with van der Waals surface area (Å²) in [7, 11) is 1.63. The second-order valence-electron chi connectivity index (χ2n) is 5.38. The van der Waals surface area contributed by atoms with Crippen LogP contribution in [0.1, 0.15) is 45.3 Å². The van der Waals surface area contributed by atoms with Crippen molar-refractivity contribution in [3.63, 3.8) is 0 Å². The van der Waals surface area contributed by atoms with Gasteiger partial charge in [-0.3, -0.25) is 4.79 Å². The number of aromatic nitrogens is 2. The Bertz CT molecular complexity index is 435. The van der Waals surface area contributed by atoms with Crippen LogP contribution < -0.4 is 10.9 Å². The summed E-state index contributed by atoms with van der Waals surface area (Å²) in [6.07, 6.45) is -0.230. The zero-order valence-electron chi connectivity index (χ0n) is 11.8. The summed E-state index contributed by atoms with van der Waals surface area (Å²) in [5, 5.41) is 3.16. The lowest BCUT2D eigenvalue weighted by Gasteiger charge is -2.28. The molecule has 0 saturated carbocycles. The van der Waals surface area contributed by atoms with Crippen molar-refractivity contribution in [1.82, 2.24) is 15.3 Å². The number of methoxy groups -OCH3 is 1. The van der Waals surface area contributed by atoms with E-state index in [2.05, 4.69) is 36.1 Å². The molecule has 5 heteroatoms. The molecule has 1 heterocycles. The maximum absolute atomic E-state index is 11.6. The van der Waals surface area contributed by atoms with Crippen LogP contribution in [0.25, 0.3) is 0 Å². The van der Waals surface area contributed by atoms with E-state index in [4.69, 9.17) is 4.74 Å². The van der Waals surface area contributed by atoms with Crippen molar-refractivity contribution in [2.45, 2.75) is 40.3 Å². The first-order valence-electron chi connectivity index (χ1n) is 6.22. The van der Waals surface area contributed by atoms with Crippen molar-refractivity contribution in [1.29, 1.82) is 0 Å². The molecule has 5 nitrogen and oxygen atoms in total. The van der Waals surface area contributed by atoms with Gasteiger partial charge >= 0.3 is 0 Å². The molecule has 18 heavy (non-hydrogen) atoms. The van der Waals surface area contributed by atoms with Gasteiger partial charge < -0.3 is 15.0 Å². The molecule has 2 N–H and O–H groups in total. The Kier molecular flexibility index (Phi) is 5.04. The van der Waals surface area contributed by atoms with E-state index in [1.54, 1.807) is 7.11 Å². The van der Waals surface area contributed by atoms with Gasteiger partial charge in [0.2, 0.25) is 0 Å². The minimum absolute atomic E-state index is 0.124. The molecule has 0 spiro atoms. The Balaban J connectivity index is 3.08. The van der Waals surface area contributed by atoms with Crippen LogP contribution in [0.4, 0.5) is 0 Å². The SMILES string of the molecule is CCNCc1cc(=O)[nH]c(C(OC)C(C)(C)C)n1. The molecule has 0 aliphatic rings. The second kappa shape index (κ2) is 6.11. The van der Waals surface area contributed by atoms with Crippen molar-refractivity contribution in [2.24, 2.45) is 5.41 Å². The fourth-order valence-electron chi connectivity index (χ4n) is 1.87. The van der Waals surface area contributed by atoms with E-state index in [1.807, 2.05) is 6.92 Å². The van der Waals surface area contributed by atoms with E-state index < -0.39 is 0 Å². The molecule has 0 saturated heterocycles. The van der Waals surface area contributed by atoms with E-state index >= 15 is 0 Å². The van der Waals surface area contributed by atoms with Gasteiger partial charge in [0.25, 0.3) is 5.56 Å². The maximum Gasteiger partial charge on any atom is 0.251 e. The van der Waals surface area contributed by atoms with Crippen molar-refractivity contribution < 1.29 is 4.74 Å². The van der Waals surface area contributed by atoms with E-state index in [0.29, 0.717) is 12.4 Å². The highest BCUT2D eigenvalue weighted by Gasteiger charge is 2.28. The van der Waals surface area contributed by atoms with Crippen LogP contribution in [0.3, 0.4) is 0 Å². The molecule has 1 aromatic rings. The maximum atomic E-state index is 11.6. The molecule has 1 unspecified atom stereocenters. The highest BCUT2D eigenvalue weighted by Crippen LogP contribution is 2.33. The van der Waals surface area contributed by atoms with Crippen LogP contribution in [0, 0.1) is 5.41 Å². The summed E-state index contributed by atoms with van der Waals surface area (Å²) in [5.74, 6) is 0.588. The summed E-state index contributed by atoms with van der Waals surface area (Å²) >= 11 is 0. The molecule has 1 rings (SSSR count). The van der Waals surface area contributed by atoms with Gasteiger partial charge in [-0.25, -0.2) is 4.98 Å². The zero-order chi connectivity index (χ0) is 13.8. The van der Waals surface area contributed by atoms with Crippen molar-refractivity contribution >= 4 is 0 Å². The fraction of sp³-hybridized carbons (Fsp3) is 0.692. The molecule has 0 aromatic carbocycles. The normalized spacial score (nSPS) is 13.6. The summed E-state index contributed by atoms with van der Waals surface area (Å²) in [4.78, 5) is 18.9. The van der Waals surface area contributed by atoms with Crippen molar-refractivity contribution in [2.75, 3.05) is 13.7 Å². The molecule has 1 aromatic heterocycles. The minimum Gasteiger partial charge on any atom is -0.373 e. The molecule has 0 aliphatic carbocycles. The van der Waals surface area contributed by atoms with Gasteiger partial charge in [0.05, 0.1) is 5.69 Å². The monoisotopic (exact) mass is 253 g/mol. The van der Waals surface area contributed by atoms with Gasteiger partial charge in [-0.05, 0) is 12.0 Å². The molecule has 0 bridgehead atoms. The number of hydrogen-bond donors (Lipinski definition) is 2. The Morgan fingerprint density at radius 2 is 2.17 bits per heavy atom. The Hall–Kier alpha value is -1.20. The van der Waals surface area contributed by atoms with E-state index in [0.717, 1.165) is 12.2 Å². The highest BCUT2D eigenvalue weighted by molar-refractivity contribution is 5.06. The predicted molar refractivity (Wildman–Crippen MR) is 71.4 cm³/mol. The average molecular weight is 253 g/mol. The minimum atomic E-state index is -0.230. The first kappa shape index (κ1) is 14.9. The van der Waals surface area contributed by atoms with Crippen LogP contribution in [-0.2, 0) is 11.3 Å². The van der Waals surface area contributed by atoms with Gasteiger partial charge in [0.15, 0.2) is 0 Å². The average Bonchev–Trinajstić information content (AvgIpc) is 2.24. The highest BCUT2D eigenvalue weighted by atomic mass is 16.5. The van der Waals surface area contributed by atoms with Crippen molar-refractivity contribution in [3.8, 4) is 0 Å². The first-order valence-corrected chi connectivity index (χ1v) is 6.22. The lowest BCUT2D eigenvalue weighted by molar-refractivity contribution is 0.00832. The number of hydrogen-bond acceptors (Lipinski definition) is 4. The summed E-state index contributed by atoms with van der Waals surface area (Å²) in [5.41, 5.74) is 0.475. The largest absolute Gasteiger partial charge is 0.373 e. The van der Waals surface area contributed by atoms with Gasteiger partial charge in [-0.1, -0.05) is 27.7 Å². The molecule has 0 fully saturated rings. The number of H-pyrrole nitrogens is 1. The Morgan fingerprint density at radius 1 is 1.50 bits per heavy atom. The quantitative estimate of drug-likeness (QED) is 0.836. The topological polar surface area (TPSA) is 67.0 Å². The van der Waals surface area contributed by atoms with Crippen LogP contribution in [0.5, 0.6) is 0 Å². The Labute approximate surface area is 108 Å². The van der Waals surface area contributed by atoms with Crippen LogP contribution in [0.15, 0.2) is 10.9 Å². The predicted octanol–water partition coefficient (Wildman–Crippen LogP) is 1.61. The van der Waals surface area contributed by atoms with Crippen molar-refractivity contribution in [3.05, 3.63) is 27.9 Å². The third-order valence-electron chi connectivity index (χ3n) is 2.64. The number of rotatable bonds is 5. The van der Waals surface area contributed by atoms with E-state index in [1.165, 1.54) is 6.07 Å². The zero-order valence-corrected chi connectivity index (χ0v) is 11.8. The second-order valence-corrected chi connectivity index (χ2v) is 5.38. The summed E-state index contributed by atoms with van der Waals surface area (Å²) < 4.78 is 5.46. The molecule has 0 amide bonds. The summed E-state index contributed by atoms with van der Waals surface area (Å²) in [6, 6.07) is 1.52. The van der Waals surface area contributed by atoms with Gasteiger partial charge in [-0.2, -0.15) is 0 Å². The third kappa shape index (κ3) is 3.92. The fourth-order valence-corrected chi connectivity index (χ4v) is 1.87. The molecule has 1 atom stereocenters. The van der Waals surface area contributed by atoms with E-state index in [9.17, 15) is 4.79 Å². The van der Waals surface area contributed by atoms with Gasteiger partial charge in [0, 0.05) is 19.7 Å². The lowest BCUT2D eigenvalue weighted by atomic mass is 9.88. The summed E-state index contributed by atoms with van der Waals surface area (Å²) in [6.45, 7) is 9.61. The number of nitrogens with zero attached hydrogens (tertiary/aromatic N) is 1. The van der Waals surface area contributed by atoms with Crippen LogP contribution in [-0.4, -0.2) is 23.6 Å². The Morgan fingerprint density at radius 3 is 2.67 bits per heavy atom. The number of aromatic amines is 1. The van der Waals surface area contributed by atoms with Crippen LogP contribution in [0.2, 0.25) is 0 Å². The standard InChI is InChI=1S/C13H23N3O2/c1-6-14-8-9-7-10(17)16-12(15-9)11(18-5)13(2,3)4/h7,11,14H,6,8H2,1-5H3,(H,15,16,17). The first-order chi connectivity index (χ1) is 8.38. The third-order valence-corrected chi connectivity index (χ3v) is 2.64. The molecular formula is C13H23N3O2. The molecule has 102 valence electrons. The van der Waals surface area contributed by atoms with Crippen LogP contribution >= 0.6 is 0 Å². The molecular weight excluding hydrogens is 230 g/mol. The smallest absolute Gasteiger partial charge is 0.251 e. The van der Waals surface area contributed by atoms with Gasteiger partial charge in [-0.15, -0.1) is 0 Å². The van der Waals surface area contributed by atoms with Gasteiger partial charge in [0.1, 0.15) is 11.9 Å².